The van der Waals surface area contributed by atoms with Crippen LogP contribution < -0.4 is 4.74 Å². The molecule has 0 fully saturated rings. The first-order valence-electron chi connectivity index (χ1n) is 5.79. The Bertz CT molecular complexity index is 506. The van der Waals surface area contributed by atoms with Crippen LogP contribution in [0.1, 0.15) is 18.6 Å². The summed E-state index contributed by atoms with van der Waals surface area (Å²) in [4.78, 5) is 1.20. The van der Waals surface area contributed by atoms with Crippen LogP contribution in [0.15, 0.2) is 53.4 Å². The summed E-state index contributed by atoms with van der Waals surface area (Å²) in [6, 6.07) is 15.4. The molecule has 0 spiro atoms. The van der Waals surface area contributed by atoms with Crippen molar-refractivity contribution in [1.29, 1.82) is 0 Å². The second kappa shape index (κ2) is 5.94. The SMILES string of the molecule is CSc1ccc(Oc2ccccc2C(C)O)cc1. The number of aliphatic hydroxyl groups is 1. The topological polar surface area (TPSA) is 29.5 Å². The van der Waals surface area contributed by atoms with E-state index in [0.29, 0.717) is 5.75 Å². The summed E-state index contributed by atoms with van der Waals surface area (Å²) < 4.78 is 5.80. The summed E-state index contributed by atoms with van der Waals surface area (Å²) in [7, 11) is 0. The third-order valence-corrected chi connectivity index (χ3v) is 3.40. The number of benzene rings is 2. The van der Waals surface area contributed by atoms with Gasteiger partial charge in [-0.05, 0) is 43.5 Å². The highest BCUT2D eigenvalue weighted by molar-refractivity contribution is 7.98. The van der Waals surface area contributed by atoms with Gasteiger partial charge in [-0.15, -0.1) is 11.8 Å². The Morgan fingerprint density at radius 1 is 1.06 bits per heavy atom. The second-order valence-electron chi connectivity index (χ2n) is 3.99. The van der Waals surface area contributed by atoms with Crippen molar-refractivity contribution in [3.05, 3.63) is 54.1 Å². The van der Waals surface area contributed by atoms with Gasteiger partial charge in [0.05, 0.1) is 6.10 Å². The van der Waals surface area contributed by atoms with Gasteiger partial charge in [-0.25, -0.2) is 0 Å². The normalized spacial score (nSPS) is 12.2. The van der Waals surface area contributed by atoms with E-state index in [9.17, 15) is 5.11 Å². The van der Waals surface area contributed by atoms with Crippen molar-refractivity contribution in [2.75, 3.05) is 6.26 Å². The van der Waals surface area contributed by atoms with Crippen molar-refractivity contribution in [3.63, 3.8) is 0 Å². The van der Waals surface area contributed by atoms with E-state index in [4.69, 9.17) is 4.74 Å². The molecule has 0 bridgehead atoms. The van der Waals surface area contributed by atoms with E-state index in [-0.39, 0.29) is 0 Å². The van der Waals surface area contributed by atoms with Gasteiger partial charge in [0.15, 0.2) is 0 Å². The van der Waals surface area contributed by atoms with Gasteiger partial charge in [-0.2, -0.15) is 0 Å². The van der Waals surface area contributed by atoms with Crippen LogP contribution in [-0.4, -0.2) is 11.4 Å². The van der Waals surface area contributed by atoms with E-state index in [1.807, 2.05) is 54.8 Å². The molecule has 0 aromatic heterocycles. The van der Waals surface area contributed by atoms with Gasteiger partial charge in [-0.1, -0.05) is 18.2 Å². The van der Waals surface area contributed by atoms with Gasteiger partial charge >= 0.3 is 0 Å². The third kappa shape index (κ3) is 3.06. The van der Waals surface area contributed by atoms with Crippen molar-refractivity contribution >= 4 is 11.8 Å². The third-order valence-electron chi connectivity index (χ3n) is 2.66. The predicted molar refractivity (Wildman–Crippen MR) is 75.4 cm³/mol. The number of hydrogen-bond acceptors (Lipinski definition) is 3. The molecule has 2 aromatic carbocycles. The van der Waals surface area contributed by atoms with Crippen LogP contribution in [-0.2, 0) is 0 Å². The fourth-order valence-electron chi connectivity index (χ4n) is 1.69. The van der Waals surface area contributed by atoms with Gasteiger partial charge in [0.25, 0.3) is 0 Å². The smallest absolute Gasteiger partial charge is 0.133 e. The first-order chi connectivity index (χ1) is 8.70. The summed E-state index contributed by atoms with van der Waals surface area (Å²) in [5.74, 6) is 1.48. The first-order valence-corrected chi connectivity index (χ1v) is 7.02. The maximum atomic E-state index is 9.68. The van der Waals surface area contributed by atoms with Crippen molar-refractivity contribution in [1.82, 2.24) is 0 Å². The molecule has 1 unspecified atom stereocenters. The van der Waals surface area contributed by atoms with Crippen LogP contribution in [0.2, 0.25) is 0 Å². The minimum absolute atomic E-state index is 0.535. The molecule has 18 heavy (non-hydrogen) atoms. The summed E-state index contributed by atoms with van der Waals surface area (Å²) in [6.07, 6.45) is 1.50. The number of aliphatic hydroxyl groups excluding tert-OH is 1. The Balaban J connectivity index is 2.22. The van der Waals surface area contributed by atoms with Gasteiger partial charge in [-0.3, -0.25) is 0 Å². The highest BCUT2D eigenvalue weighted by atomic mass is 32.2. The van der Waals surface area contributed by atoms with Gasteiger partial charge in [0.2, 0.25) is 0 Å². The number of ether oxygens (including phenoxy) is 1. The standard InChI is InChI=1S/C15H16O2S/c1-11(16)14-5-3-4-6-15(14)17-12-7-9-13(18-2)10-8-12/h3-11,16H,1-2H3. The molecule has 0 aliphatic carbocycles. The van der Waals surface area contributed by atoms with Crippen LogP contribution in [0.3, 0.4) is 0 Å². The summed E-state index contributed by atoms with van der Waals surface area (Å²) >= 11 is 1.70. The highest BCUT2D eigenvalue weighted by Gasteiger charge is 2.08. The molecule has 0 aliphatic heterocycles. The monoisotopic (exact) mass is 260 g/mol. The minimum Gasteiger partial charge on any atom is -0.457 e. The fourth-order valence-corrected chi connectivity index (χ4v) is 2.10. The Morgan fingerprint density at radius 3 is 2.33 bits per heavy atom. The quantitative estimate of drug-likeness (QED) is 0.833. The van der Waals surface area contributed by atoms with Gasteiger partial charge < -0.3 is 9.84 Å². The van der Waals surface area contributed by atoms with Crippen LogP contribution in [0, 0.1) is 0 Å². The lowest BCUT2D eigenvalue weighted by atomic mass is 10.1. The van der Waals surface area contributed by atoms with Gasteiger partial charge in [0.1, 0.15) is 11.5 Å². The molecule has 0 aliphatic rings. The molecule has 1 atom stereocenters. The molecule has 0 saturated heterocycles. The lowest BCUT2D eigenvalue weighted by Gasteiger charge is -2.13. The van der Waals surface area contributed by atoms with Crippen LogP contribution in [0.5, 0.6) is 11.5 Å². The molecule has 2 nitrogen and oxygen atoms in total. The molecule has 2 aromatic rings. The van der Waals surface area contributed by atoms with Crippen LogP contribution in [0.25, 0.3) is 0 Å². The summed E-state index contributed by atoms with van der Waals surface area (Å²) in [5.41, 5.74) is 0.798. The molecule has 1 N–H and O–H groups in total. The van der Waals surface area contributed by atoms with Crippen LogP contribution in [0.4, 0.5) is 0 Å². The molecule has 0 radical (unpaired) electrons. The molecule has 3 heteroatoms. The van der Waals surface area contributed by atoms with E-state index >= 15 is 0 Å². The summed E-state index contributed by atoms with van der Waals surface area (Å²) in [6.45, 7) is 1.74. The fraction of sp³-hybridized carbons (Fsp3) is 0.200. The van der Waals surface area contributed by atoms with E-state index < -0.39 is 6.10 Å². The average molecular weight is 260 g/mol. The zero-order chi connectivity index (χ0) is 13.0. The predicted octanol–water partition coefficient (Wildman–Crippen LogP) is 4.25. The highest BCUT2D eigenvalue weighted by Crippen LogP contribution is 2.30. The van der Waals surface area contributed by atoms with E-state index in [1.165, 1.54) is 4.90 Å². The molecule has 0 amide bonds. The van der Waals surface area contributed by atoms with Crippen molar-refractivity contribution < 1.29 is 9.84 Å². The van der Waals surface area contributed by atoms with Crippen molar-refractivity contribution in [3.8, 4) is 11.5 Å². The first kappa shape index (κ1) is 13.0. The molecule has 0 heterocycles. The Morgan fingerprint density at radius 2 is 1.72 bits per heavy atom. The Labute approximate surface area is 112 Å². The zero-order valence-electron chi connectivity index (χ0n) is 10.5. The maximum absolute atomic E-state index is 9.68. The zero-order valence-corrected chi connectivity index (χ0v) is 11.3. The Kier molecular flexibility index (Phi) is 4.28. The average Bonchev–Trinajstić information content (AvgIpc) is 2.40. The van der Waals surface area contributed by atoms with Crippen LogP contribution >= 0.6 is 11.8 Å². The van der Waals surface area contributed by atoms with E-state index in [0.717, 1.165) is 11.3 Å². The van der Waals surface area contributed by atoms with Crippen molar-refractivity contribution in [2.24, 2.45) is 0 Å². The summed E-state index contributed by atoms with van der Waals surface area (Å²) in [5, 5.41) is 9.68. The molecule has 2 rings (SSSR count). The lowest BCUT2D eigenvalue weighted by Crippen LogP contribution is -1.95. The lowest BCUT2D eigenvalue weighted by molar-refractivity contribution is 0.195. The molecular weight excluding hydrogens is 244 g/mol. The van der Waals surface area contributed by atoms with Gasteiger partial charge in [0, 0.05) is 10.5 Å². The number of thioether (sulfide) groups is 1. The number of rotatable bonds is 4. The maximum Gasteiger partial charge on any atom is 0.133 e. The van der Waals surface area contributed by atoms with E-state index in [2.05, 4.69) is 0 Å². The number of para-hydroxylation sites is 1. The minimum atomic E-state index is -0.535. The number of hydrogen-bond donors (Lipinski definition) is 1. The molecular formula is C15H16O2S. The second-order valence-corrected chi connectivity index (χ2v) is 4.87. The van der Waals surface area contributed by atoms with E-state index in [1.54, 1.807) is 18.7 Å². The Hall–Kier alpha value is -1.45. The van der Waals surface area contributed by atoms with Crippen molar-refractivity contribution in [2.45, 2.75) is 17.9 Å². The molecule has 94 valence electrons. The largest absolute Gasteiger partial charge is 0.457 e. The molecule has 0 saturated carbocycles.